The second-order valence-corrected chi connectivity index (χ2v) is 8.00. The van der Waals surface area contributed by atoms with E-state index < -0.39 is 5.92 Å². The van der Waals surface area contributed by atoms with Gasteiger partial charge in [0.15, 0.2) is 0 Å². The van der Waals surface area contributed by atoms with Gasteiger partial charge in [0, 0.05) is 24.3 Å². The lowest BCUT2D eigenvalue weighted by molar-refractivity contribution is -0.122. The van der Waals surface area contributed by atoms with Crippen molar-refractivity contribution < 1.29 is 14.4 Å². The highest BCUT2D eigenvalue weighted by Gasteiger charge is 2.35. The van der Waals surface area contributed by atoms with Crippen molar-refractivity contribution in [3.63, 3.8) is 0 Å². The number of nitrogens with one attached hydrogen (secondary N) is 2. The maximum atomic E-state index is 13.0. The van der Waals surface area contributed by atoms with Crippen LogP contribution in [0.4, 0.5) is 17.1 Å². The molecule has 1 saturated heterocycles. The molecule has 0 aromatic heterocycles. The summed E-state index contributed by atoms with van der Waals surface area (Å²) >= 11 is 0. The molecule has 32 heavy (non-hydrogen) atoms. The molecule has 1 aliphatic heterocycles. The van der Waals surface area contributed by atoms with Gasteiger partial charge in [-0.1, -0.05) is 48.5 Å². The maximum absolute atomic E-state index is 13.0. The van der Waals surface area contributed by atoms with Crippen molar-refractivity contribution >= 4 is 34.8 Å². The van der Waals surface area contributed by atoms with Crippen LogP contribution in [0.1, 0.15) is 27.9 Å². The summed E-state index contributed by atoms with van der Waals surface area (Å²) in [6, 6.07) is 22.0. The molecule has 6 nitrogen and oxygen atoms in total. The molecule has 1 heterocycles. The van der Waals surface area contributed by atoms with Crippen LogP contribution in [-0.2, 0) is 9.59 Å². The van der Waals surface area contributed by atoms with Crippen LogP contribution in [-0.4, -0.2) is 24.3 Å². The Kier molecular flexibility index (Phi) is 6.03. The van der Waals surface area contributed by atoms with Gasteiger partial charge in [-0.2, -0.15) is 0 Å². The number of hydrogen-bond donors (Lipinski definition) is 2. The van der Waals surface area contributed by atoms with E-state index in [1.807, 2.05) is 62.4 Å². The topological polar surface area (TPSA) is 78.5 Å². The summed E-state index contributed by atoms with van der Waals surface area (Å²) in [6.45, 7) is 4.18. The van der Waals surface area contributed by atoms with Crippen molar-refractivity contribution in [2.24, 2.45) is 5.92 Å². The fourth-order valence-electron chi connectivity index (χ4n) is 3.96. The number of anilines is 3. The van der Waals surface area contributed by atoms with Crippen LogP contribution < -0.4 is 15.5 Å². The van der Waals surface area contributed by atoms with E-state index in [4.69, 9.17) is 0 Å². The smallest absolute Gasteiger partial charge is 0.257 e. The number of hydrogen-bond acceptors (Lipinski definition) is 3. The second-order valence-electron chi connectivity index (χ2n) is 8.00. The predicted octanol–water partition coefficient (Wildman–Crippen LogP) is 4.55. The molecule has 1 fully saturated rings. The van der Waals surface area contributed by atoms with Gasteiger partial charge >= 0.3 is 0 Å². The maximum Gasteiger partial charge on any atom is 0.257 e. The van der Waals surface area contributed by atoms with Crippen LogP contribution in [0.25, 0.3) is 0 Å². The first kappa shape index (κ1) is 21.3. The fraction of sp³-hybridized carbons (Fsp3) is 0.192. The molecule has 3 aromatic carbocycles. The number of carbonyl (C=O) groups excluding carboxylic acids is 3. The van der Waals surface area contributed by atoms with Gasteiger partial charge < -0.3 is 15.5 Å². The lowest BCUT2D eigenvalue weighted by Crippen LogP contribution is -2.28. The number of aryl methyl sites for hydroxylation is 2. The number of nitrogens with zero attached hydrogens (tertiary/aromatic N) is 1. The summed E-state index contributed by atoms with van der Waals surface area (Å²) in [4.78, 5) is 40.1. The second kappa shape index (κ2) is 9.06. The molecule has 162 valence electrons. The van der Waals surface area contributed by atoms with E-state index in [1.54, 1.807) is 29.2 Å². The van der Waals surface area contributed by atoms with E-state index in [1.165, 1.54) is 0 Å². The molecule has 3 aromatic rings. The van der Waals surface area contributed by atoms with Crippen molar-refractivity contribution in [3.8, 4) is 0 Å². The Morgan fingerprint density at radius 2 is 1.50 bits per heavy atom. The van der Waals surface area contributed by atoms with Crippen LogP contribution in [0.15, 0.2) is 72.8 Å². The van der Waals surface area contributed by atoms with Crippen LogP contribution in [0, 0.1) is 19.8 Å². The average molecular weight is 428 g/mol. The molecular formula is C26H25N3O3. The molecule has 0 bridgehead atoms. The van der Waals surface area contributed by atoms with Gasteiger partial charge in [0.05, 0.1) is 17.2 Å². The number of para-hydroxylation sites is 3. The van der Waals surface area contributed by atoms with E-state index >= 15 is 0 Å². The molecule has 0 aliphatic carbocycles. The molecule has 1 atom stereocenters. The van der Waals surface area contributed by atoms with Crippen molar-refractivity contribution in [2.45, 2.75) is 20.3 Å². The average Bonchev–Trinajstić information content (AvgIpc) is 3.19. The van der Waals surface area contributed by atoms with E-state index in [-0.39, 0.29) is 24.1 Å². The van der Waals surface area contributed by atoms with Gasteiger partial charge in [-0.3, -0.25) is 14.4 Å². The van der Waals surface area contributed by atoms with Crippen molar-refractivity contribution in [1.82, 2.24) is 0 Å². The molecule has 6 heteroatoms. The van der Waals surface area contributed by atoms with E-state index in [2.05, 4.69) is 10.6 Å². The normalized spacial score (nSPS) is 15.5. The number of amides is 3. The summed E-state index contributed by atoms with van der Waals surface area (Å²) in [6.07, 6.45) is 0.136. The zero-order chi connectivity index (χ0) is 22.7. The van der Waals surface area contributed by atoms with Gasteiger partial charge in [0.25, 0.3) is 5.91 Å². The van der Waals surface area contributed by atoms with Crippen molar-refractivity contribution in [3.05, 3.63) is 89.5 Å². The van der Waals surface area contributed by atoms with Crippen LogP contribution in [0.2, 0.25) is 0 Å². The largest absolute Gasteiger partial charge is 0.325 e. The number of benzene rings is 3. The predicted molar refractivity (Wildman–Crippen MR) is 126 cm³/mol. The van der Waals surface area contributed by atoms with Gasteiger partial charge in [-0.15, -0.1) is 0 Å². The zero-order valence-corrected chi connectivity index (χ0v) is 18.1. The van der Waals surface area contributed by atoms with Gasteiger partial charge in [-0.25, -0.2) is 0 Å². The summed E-state index contributed by atoms with van der Waals surface area (Å²) in [5.41, 5.74) is 4.26. The monoisotopic (exact) mass is 427 g/mol. The third-order valence-corrected chi connectivity index (χ3v) is 5.71. The van der Waals surface area contributed by atoms with Gasteiger partial charge in [0.1, 0.15) is 0 Å². The van der Waals surface area contributed by atoms with Crippen LogP contribution in [0.3, 0.4) is 0 Å². The molecule has 0 radical (unpaired) electrons. The molecular weight excluding hydrogens is 402 g/mol. The molecule has 0 saturated carbocycles. The number of rotatable bonds is 5. The summed E-state index contributed by atoms with van der Waals surface area (Å²) in [7, 11) is 0. The number of carbonyl (C=O) groups is 3. The Labute approximate surface area is 187 Å². The van der Waals surface area contributed by atoms with Gasteiger partial charge in [-0.05, 0) is 49.2 Å². The van der Waals surface area contributed by atoms with Gasteiger partial charge in [0.2, 0.25) is 11.8 Å². The third kappa shape index (κ3) is 4.39. The molecule has 2 N–H and O–H groups in total. The highest BCUT2D eigenvalue weighted by atomic mass is 16.2. The highest BCUT2D eigenvalue weighted by molar-refractivity contribution is 6.11. The first-order chi connectivity index (χ1) is 15.4. The summed E-state index contributed by atoms with van der Waals surface area (Å²) in [5.74, 6) is -1.15. The van der Waals surface area contributed by atoms with Crippen molar-refractivity contribution in [1.29, 1.82) is 0 Å². The van der Waals surface area contributed by atoms with E-state index in [0.29, 0.717) is 17.8 Å². The Bertz CT molecular complexity index is 1150. The Morgan fingerprint density at radius 3 is 2.22 bits per heavy atom. The Hall–Kier alpha value is -3.93. The third-order valence-electron chi connectivity index (χ3n) is 5.71. The molecule has 0 unspecified atom stereocenters. The minimum atomic E-state index is -0.488. The first-order valence-electron chi connectivity index (χ1n) is 10.6. The lowest BCUT2D eigenvalue weighted by Gasteiger charge is -2.17. The quantitative estimate of drug-likeness (QED) is 0.627. The highest BCUT2D eigenvalue weighted by Crippen LogP contribution is 2.27. The Morgan fingerprint density at radius 1 is 0.844 bits per heavy atom. The van der Waals surface area contributed by atoms with Crippen molar-refractivity contribution in [2.75, 3.05) is 22.1 Å². The Balaban J connectivity index is 1.49. The minimum Gasteiger partial charge on any atom is -0.325 e. The minimum absolute atomic E-state index is 0.0857. The van der Waals surface area contributed by atoms with E-state index in [9.17, 15) is 14.4 Å². The summed E-state index contributed by atoms with van der Waals surface area (Å²) < 4.78 is 0. The fourth-order valence-corrected chi connectivity index (χ4v) is 3.96. The molecule has 4 rings (SSSR count). The SMILES string of the molecule is Cc1cccc(C)c1NC(=O)c1ccccc1NC(=O)[C@@H]1CC(=O)N(c2ccccc2)C1. The first-order valence-corrected chi connectivity index (χ1v) is 10.6. The standard InChI is InChI=1S/C26H25N3O3/c1-17-9-8-10-18(2)24(17)28-26(32)21-13-6-7-14-22(21)27-25(31)19-15-23(30)29(16-19)20-11-4-3-5-12-20/h3-14,19H,15-16H2,1-2H3,(H,27,31)(H,28,32)/t19-/m1/s1. The van der Waals surface area contributed by atoms with E-state index in [0.717, 1.165) is 22.5 Å². The molecule has 0 spiro atoms. The lowest BCUT2D eigenvalue weighted by atomic mass is 10.1. The zero-order valence-electron chi connectivity index (χ0n) is 18.1. The molecule has 3 amide bonds. The van der Waals surface area contributed by atoms with Crippen LogP contribution >= 0.6 is 0 Å². The van der Waals surface area contributed by atoms with Crippen LogP contribution in [0.5, 0.6) is 0 Å². The summed E-state index contributed by atoms with van der Waals surface area (Å²) in [5, 5.41) is 5.82. The molecule has 1 aliphatic rings.